The minimum Gasteiger partial charge on any atom is -0.493 e. The molecular weight excluding hydrogens is 504 g/mol. The Kier molecular flexibility index (Phi) is 14.5. The molecule has 0 atom stereocenters. The SMILES string of the molecule is CCCCCCCCCCCCCCOc1cccc(OCC(=O)Nc2ccccc2C[n+]2csc(C)c2)c1. The van der Waals surface area contributed by atoms with Gasteiger partial charge in [0.1, 0.15) is 11.5 Å². The highest BCUT2D eigenvalue weighted by molar-refractivity contribution is 7.09. The number of carbonyl (C=O) groups is 1. The molecule has 0 saturated heterocycles. The second-order valence-electron chi connectivity index (χ2n) is 10.3. The van der Waals surface area contributed by atoms with Gasteiger partial charge < -0.3 is 14.8 Å². The number of thiazole rings is 1. The third-order valence-corrected chi connectivity index (χ3v) is 7.66. The van der Waals surface area contributed by atoms with Crippen LogP contribution in [0.2, 0.25) is 0 Å². The van der Waals surface area contributed by atoms with Crippen LogP contribution in [0.3, 0.4) is 0 Å². The van der Waals surface area contributed by atoms with Crippen molar-refractivity contribution in [3.8, 4) is 11.5 Å². The summed E-state index contributed by atoms with van der Waals surface area (Å²) in [6, 6.07) is 15.4. The fourth-order valence-electron chi connectivity index (χ4n) is 4.63. The number of benzene rings is 2. The summed E-state index contributed by atoms with van der Waals surface area (Å²) in [5.41, 5.74) is 3.95. The molecule has 0 bridgehead atoms. The van der Waals surface area contributed by atoms with Crippen LogP contribution >= 0.6 is 11.3 Å². The van der Waals surface area contributed by atoms with E-state index >= 15 is 0 Å². The third kappa shape index (κ3) is 12.7. The number of ether oxygens (including phenoxy) is 2. The van der Waals surface area contributed by atoms with E-state index in [9.17, 15) is 4.79 Å². The number of nitrogens with zero attached hydrogens (tertiary/aromatic N) is 1. The summed E-state index contributed by atoms with van der Waals surface area (Å²) in [6.07, 6.45) is 18.1. The zero-order chi connectivity index (χ0) is 27.5. The van der Waals surface area contributed by atoms with Crippen LogP contribution in [0.1, 0.15) is 94.4 Å². The average molecular weight is 552 g/mol. The molecule has 6 heteroatoms. The lowest BCUT2D eigenvalue weighted by molar-refractivity contribution is -0.683. The highest BCUT2D eigenvalue weighted by Gasteiger charge is 2.12. The van der Waals surface area contributed by atoms with Gasteiger partial charge in [-0.15, -0.1) is 0 Å². The van der Waals surface area contributed by atoms with E-state index in [-0.39, 0.29) is 12.5 Å². The predicted octanol–water partition coefficient (Wildman–Crippen LogP) is 8.49. The smallest absolute Gasteiger partial charge is 0.262 e. The van der Waals surface area contributed by atoms with Crippen molar-refractivity contribution in [2.45, 2.75) is 97.4 Å². The van der Waals surface area contributed by atoms with Crippen molar-refractivity contribution in [3.05, 3.63) is 70.7 Å². The molecule has 212 valence electrons. The minimum absolute atomic E-state index is 0.0543. The molecule has 3 aromatic rings. The van der Waals surface area contributed by atoms with Crippen LogP contribution in [0.15, 0.2) is 60.2 Å². The number of hydrogen-bond donors (Lipinski definition) is 1. The molecule has 0 aliphatic rings. The van der Waals surface area contributed by atoms with Gasteiger partial charge in [-0.1, -0.05) is 113 Å². The highest BCUT2D eigenvalue weighted by Crippen LogP contribution is 2.21. The molecular formula is C33H47N2O3S+. The number of para-hydroxylation sites is 1. The topological polar surface area (TPSA) is 51.4 Å². The predicted molar refractivity (Wildman–Crippen MR) is 162 cm³/mol. The lowest BCUT2D eigenvalue weighted by Crippen LogP contribution is -2.31. The van der Waals surface area contributed by atoms with Gasteiger partial charge in [0.05, 0.1) is 17.2 Å². The van der Waals surface area contributed by atoms with Gasteiger partial charge in [0.2, 0.25) is 5.51 Å². The minimum atomic E-state index is -0.184. The lowest BCUT2D eigenvalue weighted by Gasteiger charge is -2.11. The Hall–Kier alpha value is -2.86. The largest absolute Gasteiger partial charge is 0.493 e. The summed E-state index contributed by atoms with van der Waals surface area (Å²) in [6.45, 7) is 5.72. The van der Waals surface area contributed by atoms with Crippen LogP contribution in [0.25, 0.3) is 0 Å². The molecule has 1 aromatic heterocycles. The van der Waals surface area contributed by atoms with E-state index in [0.29, 0.717) is 18.9 Å². The zero-order valence-corrected chi connectivity index (χ0v) is 24.8. The third-order valence-electron chi connectivity index (χ3n) is 6.81. The average Bonchev–Trinajstić information content (AvgIpc) is 3.36. The van der Waals surface area contributed by atoms with Crippen molar-refractivity contribution in [2.75, 3.05) is 18.5 Å². The standard InChI is InChI=1S/C33H46N2O3S/c1-3-4-5-6-7-8-9-10-11-12-13-16-22-37-30-19-17-20-31(23-30)38-26-33(36)34-32-21-15-14-18-29(32)25-35-24-28(2)39-27-35/h14-15,17-21,23-24,27H,3-13,16,22,25-26H2,1-2H3/p+1. The van der Waals surface area contributed by atoms with Crippen LogP contribution in [0, 0.1) is 6.92 Å². The monoisotopic (exact) mass is 551 g/mol. The van der Waals surface area contributed by atoms with Crippen molar-refractivity contribution in [2.24, 2.45) is 0 Å². The molecule has 0 aliphatic heterocycles. The maximum Gasteiger partial charge on any atom is 0.262 e. The summed E-state index contributed by atoms with van der Waals surface area (Å²) in [5.74, 6) is 1.23. The van der Waals surface area contributed by atoms with Gasteiger partial charge in [-0.3, -0.25) is 4.79 Å². The first-order chi connectivity index (χ1) is 19.1. The van der Waals surface area contributed by atoms with E-state index in [4.69, 9.17) is 9.47 Å². The van der Waals surface area contributed by atoms with Gasteiger partial charge in [-0.25, -0.2) is 0 Å². The highest BCUT2D eigenvalue weighted by atomic mass is 32.1. The number of nitrogens with one attached hydrogen (secondary N) is 1. The number of unbranched alkanes of at least 4 members (excludes halogenated alkanes) is 11. The van der Waals surface area contributed by atoms with Gasteiger partial charge in [-0.05, 0) is 31.5 Å². The van der Waals surface area contributed by atoms with E-state index in [1.54, 1.807) is 11.3 Å². The van der Waals surface area contributed by atoms with Crippen molar-refractivity contribution in [1.82, 2.24) is 0 Å². The van der Waals surface area contributed by atoms with Crippen molar-refractivity contribution in [1.29, 1.82) is 0 Å². The first-order valence-corrected chi connectivity index (χ1v) is 15.7. The normalized spacial score (nSPS) is 10.9. The first-order valence-electron chi connectivity index (χ1n) is 14.8. The first kappa shape index (κ1) is 30.7. The van der Waals surface area contributed by atoms with E-state index in [0.717, 1.165) is 23.4 Å². The van der Waals surface area contributed by atoms with E-state index in [2.05, 4.69) is 35.4 Å². The van der Waals surface area contributed by atoms with E-state index in [1.807, 2.05) is 48.5 Å². The number of rotatable bonds is 20. The number of hydrogen-bond acceptors (Lipinski definition) is 4. The van der Waals surface area contributed by atoms with Gasteiger partial charge in [0, 0.05) is 11.6 Å². The van der Waals surface area contributed by atoms with Crippen LogP contribution in [-0.2, 0) is 11.3 Å². The summed E-state index contributed by atoms with van der Waals surface area (Å²) in [7, 11) is 0. The molecule has 39 heavy (non-hydrogen) atoms. The maximum absolute atomic E-state index is 12.6. The fraction of sp³-hybridized carbons (Fsp3) is 0.515. The Morgan fingerprint density at radius 1 is 0.821 bits per heavy atom. The molecule has 0 aliphatic carbocycles. The number of aromatic nitrogens is 1. The fourth-order valence-corrected chi connectivity index (χ4v) is 5.26. The molecule has 1 amide bonds. The Morgan fingerprint density at radius 2 is 1.46 bits per heavy atom. The quantitative estimate of drug-likeness (QED) is 0.113. The number of aryl methyl sites for hydroxylation is 1. The van der Waals surface area contributed by atoms with Crippen LogP contribution in [-0.4, -0.2) is 19.1 Å². The maximum atomic E-state index is 12.6. The Labute approximate surface area is 239 Å². The van der Waals surface area contributed by atoms with Crippen LogP contribution in [0.5, 0.6) is 11.5 Å². The van der Waals surface area contributed by atoms with Crippen LogP contribution < -0.4 is 19.4 Å². The molecule has 0 fully saturated rings. The summed E-state index contributed by atoms with van der Waals surface area (Å²) in [5, 5.41) is 3.00. The molecule has 2 aromatic carbocycles. The molecule has 3 rings (SSSR count). The number of anilines is 1. The zero-order valence-electron chi connectivity index (χ0n) is 24.0. The summed E-state index contributed by atoms with van der Waals surface area (Å²) in [4.78, 5) is 13.9. The van der Waals surface area contributed by atoms with Gasteiger partial charge in [0.25, 0.3) is 5.91 Å². The molecule has 0 spiro atoms. The molecule has 0 saturated carbocycles. The second-order valence-corrected chi connectivity index (χ2v) is 11.4. The van der Waals surface area contributed by atoms with Gasteiger partial charge in [0.15, 0.2) is 19.3 Å². The van der Waals surface area contributed by atoms with E-state index in [1.165, 1.54) is 75.5 Å². The lowest BCUT2D eigenvalue weighted by atomic mass is 10.1. The number of carbonyl (C=O) groups excluding carboxylic acids is 1. The van der Waals surface area contributed by atoms with E-state index < -0.39 is 0 Å². The van der Waals surface area contributed by atoms with Gasteiger partial charge in [-0.2, -0.15) is 4.57 Å². The molecule has 0 radical (unpaired) electrons. The Morgan fingerprint density at radius 3 is 2.13 bits per heavy atom. The molecule has 1 heterocycles. The van der Waals surface area contributed by atoms with Crippen LogP contribution in [0.4, 0.5) is 5.69 Å². The van der Waals surface area contributed by atoms with Crippen molar-refractivity contribution < 1.29 is 18.8 Å². The number of amides is 1. The molecule has 0 unspecified atom stereocenters. The summed E-state index contributed by atoms with van der Waals surface area (Å²) >= 11 is 1.71. The molecule has 5 nitrogen and oxygen atoms in total. The Bertz CT molecular complexity index is 1100. The summed E-state index contributed by atoms with van der Waals surface area (Å²) < 4.78 is 13.8. The van der Waals surface area contributed by atoms with Crippen molar-refractivity contribution in [3.63, 3.8) is 0 Å². The molecule has 1 N–H and O–H groups in total. The van der Waals surface area contributed by atoms with Gasteiger partial charge >= 0.3 is 0 Å². The Balaban J connectivity index is 1.29. The second kappa shape index (κ2) is 18.4. The van der Waals surface area contributed by atoms with Crippen molar-refractivity contribution >= 4 is 22.9 Å².